The number of aliphatic hydroxyl groups is 1. The van der Waals surface area contributed by atoms with E-state index in [2.05, 4.69) is 0 Å². The molecule has 5 heteroatoms. The average molecular weight is 229 g/mol. The van der Waals surface area contributed by atoms with E-state index in [0.717, 1.165) is 12.7 Å². The lowest BCUT2D eigenvalue weighted by Crippen LogP contribution is -2.18. The quantitative estimate of drug-likeness (QED) is 0.537. The standard InChI is InChI=1S/C10H12FNO2.CH4O/c11-9-6-4-8(5-7-9)2-1-3-10(13)12-14;1-2/h4-7,14H,1-3H2,(H,12,13);2H,1H3. The largest absolute Gasteiger partial charge is 0.400 e. The fourth-order valence-corrected chi connectivity index (χ4v) is 1.16. The Hall–Kier alpha value is -1.46. The number of carbonyl (C=O) groups is 1. The molecule has 0 aliphatic carbocycles. The highest BCUT2D eigenvalue weighted by Crippen LogP contribution is 2.06. The molecular formula is C11H16FNO3. The lowest BCUT2D eigenvalue weighted by atomic mass is 10.1. The van der Waals surface area contributed by atoms with E-state index in [-0.39, 0.29) is 12.2 Å². The van der Waals surface area contributed by atoms with Crippen LogP contribution in [0.3, 0.4) is 0 Å². The van der Waals surface area contributed by atoms with Crippen LogP contribution < -0.4 is 5.48 Å². The zero-order chi connectivity index (χ0) is 12.4. The van der Waals surface area contributed by atoms with Crippen LogP contribution >= 0.6 is 0 Å². The van der Waals surface area contributed by atoms with Crippen LogP contribution in [0.15, 0.2) is 24.3 Å². The summed E-state index contributed by atoms with van der Waals surface area (Å²) in [6, 6.07) is 6.15. The second-order valence-corrected chi connectivity index (χ2v) is 3.01. The molecule has 16 heavy (non-hydrogen) atoms. The highest BCUT2D eigenvalue weighted by molar-refractivity contribution is 5.74. The zero-order valence-electron chi connectivity index (χ0n) is 9.11. The highest BCUT2D eigenvalue weighted by Gasteiger charge is 1.99. The van der Waals surface area contributed by atoms with E-state index in [0.29, 0.717) is 12.8 Å². The fraction of sp³-hybridized carbons (Fsp3) is 0.364. The number of carbonyl (C=O) groups excluding carboxylic acids is 1. The first-order valence-corrected chi connectivity index (χ1v) is 4.84. The molecule has 0 saturated carbocycles. The summed E-state index contributed by atoms with van der Waals surface area (Å²) in [6.07, 6.45) is 1.61. The van der Waals surface area contributed by atoms with Gasteiger partial charge in [-0.05, 0) is 30.5 Å². The van der Waals surface area contributed by atoms with Crippen LogP contribution in [0, 0.1) is 5.82 Å². The second-order valence-electron chi connectivity index (χ2n) is 3.01. The van der Waals surface area contributed by atoms with Gasteiger partial charge in [0, 0.05) is 13.5 Å². The van der Waals surface area contributed by atoms with Crippen molar-refractivity contribution in [3.8, 4) is 0 Å². The number of nitrogens with one attached hydrogen (secondary N) is 1. The Morgan fingerprint density at radius 3 is 2.38 bits per heavy atom. The van der Waals surface area contributed by atoms with E-state index in [4.69, 9.17) is 10.3 Å². The number of aliphatic hydroxyl groups excluding tert-OH is 1. The van der Waals surface area contributed by atoms with Gasteiger partial charge in [0.05, 0.1) is 0 Å². The number of rotatable bonds is 4. The smallest absolute Gasteiger partial charge is 0.243 e. The molecule has 0 atom stereocenters. The summed E-state index contributed by atoms with van der Waals surface area (Å²) in [7, 11) is 1.00. The molecule has 0 saturated heterocycles. The first-order chi connectivity index (χ1) is 7.72. The van der Waals surface area contributed by atoms with Gasteiger partial charge in [-0.2, -0.15) is 0 Å². The molecule has 0 radical (unpaired) electrons. The first kappa shape index (κ1) is 14.5. The number of amides is 1. The maximum atomic E-state index is 12.5. The number of aryl methyl sites for hydroxylation is 1. The van der Waals surface area contributed by atoms with E-state index in [1.54, 1.807) is 17.6 Å². The van der Waals surface area contributed by atoms with Gasteiger partial charge in [-0.15, -0.1) is 0 Å². The minimum Gasteiger partial charge on any atom is -0.400 e. The lowest BCUT2D eigenvalue weighted by Gasteiger charge is -2.00. The van der Waals surface area contributed by atoms with E-state index < -0.39 is 5.91 Å². The van der Waals surface area contributed by atoms with Crippen LogP contribution in [0.5, 0.6) is 0 Å². The third-order valence-corrected chi connectivity index (χ3v) is 1.91. The van der Waals surface area contributed by atoms with Crippen LogP contribution in [-0.4, -0.2) is 23.3 Å². The Bertz CT molecular complexity index is 301. The Kier molecular flexibility index (Phi) is 8.01. The van der Waals surface area contributed by atoms with Crippen molar-refractivity contribution in [1.29, 1.82) is 0 Å². The summed E-state index contributed by atoms with van der Waals surface area (Å²) in [5.74, 6) is -0.658. The fourth-order valence-electron chi connectivity index (χ4n) is 1.16. The molecule has 0 aliphatic rings. The van der Waals surface area contributed by atoms with Crippen LogP contribution in [0.4, 0.5) is 4.39 Å². The Balaban J connectivity index is 0.00000106. The normalized spacial score (nSPS) is 9.00. The molecule has 0 heterocycles. The molecule has 0 fully saturated rings. The monoisotopic (exact) mass is 229 g/mol. The predicted octanol–water partition coefficient (Wildman–Crippen LogP) is 1.26. The summed E-state index contributed by atoms with van der Waals surface area (Å²) in [4.78, 5) is 10.6. The van der Waals surface area contributed by atoms with Crippen LogP contribution in [0.25, 0.3) is 0 Å². The molecule has 0 aromatic heterocycles. The summed E-state index contributed by atoms with van der Waals surface area (Å²) in [5, 5.41) is 15.2. The van der Waals surface area contributed by atoms with Gasteiger partial charge in [-0.3, -0.25) is 10.0 Å². The molecule has 90 valence electrons. The molecule has 3 N–H and O–H groups in total. The third kappa shape index (κ3) is 6.10. The average Bonchev–Trinajstić information content (AvgIpc) is 2.34. The summed E-state index contributed by atoms with van der Waals surface area (Å²) in [6.45, 7) is 0. The highest BCUT2D eigenvalue weighted by atomic mass is 19.1. The van der Waals surface area contributed by atoms with Gasteiger partial charge in [0.15, 0.2) is 0 Å². The molecule has 0 aliphatic heterocycles. The zero-order valence-corrected chi connectivity index (χ0v) is 9.11. The van der Waals surface area contributed by atoms with E-state index in [9.17, 15) is 9.18 Å². The molecule has 1 amide bonds. The third-order valence-electron chi connectivity index (χ3n) is 1.91. The molecule has 1 aromatic carbocycles. The van der Waals surface area contributed by atoms with Crippen molar-refractivity contribution in [2.45, 2.75) is 19.3 Å². The number of hydroxylamine groups is 1. The topological polar surface area (TPSA) is 69.6 Å². The Morgan fingerprint density at radius 1 is 1.31 bits per heavy atom. The summed E-state index contributed by atoms with van der Waals surface area (Å²) in [5.41, 5.74) is 2.54. The van der Waals surface area contributed by atoms with E-state index in [1.165, 1.54) is 12.1 Å². The Labute approximate surface area is 93.7 Å². The molecule has 0 spiro atoms. The van der Waals surface area contributed by atoms with Gasteiger partial charge in [-0.25, -0.2) is 9.87 Å². The number of hydrogen-bond acceptors (Lipinski definition) is 3. The van der Waals surface area contributed by atoms with Gasteiger partial charge in [0.2, 0.25) is 5.91 Å². The number of benzene rings is 1. The first-order valence-electron chi connectivity index (χ1n) is 4.84. The van der Waals surface area contributed by atoms with E-state index >= 15 is 0 Å². The molecule has 0 bridgehead atoms. The maximum absolute atomic E-state index is 12.5. The van der Waals surface area contributed by atoms with E-state index in [1.807, 2.05) is 0 Å². The van der Waals surface area contributed by atoms with Gasteiger partial charge in [0.1, 0.15) is 5.82 Å². The van der Waals surface area contributed by atoms with Crippen molar-refractivity contribution in [3.05, 3.63) is 35.6 Å². The molecule has 1 aromatic rings. The van der Waals surface area contributed by atoms with Gasteiger partial charge >= 0.3 is 0 Å². The van der Waals surface area contributed by atoms with Crippen molar-refractivity contribution in [2.75, 3.05) is 7.11 Å². The Morgan fingerprint density at radius 2 is 1.88 bits per heavy atom. The van der Waals surface area contributed by atoms with Crippen molar-refractivity contribution in [2.24, 2.45) is 0 Å². The summed E-state index contributed by atoms with van der Waals surface area (Å²) >= 11 is 0. The lowest BCUT2D eigenvalue weighted by molar-refractivity contribution is -0.129. The maximum Gasteiger partial charge on any atom is 0.243 e. The minimum absolute atomic E-state index is 0.262. The van der Waals surface area contributed by atoms with Crippen molar-refractivity contribution >= 4 is 5.91 Å². The number of hydrogen-bond donors (Lipinski definition) is 3. The molecule has 0 unspecified atom stereocenters. The van der Waals surface area contributed by atoms with Crippen LogP contribution in [-0.2, 0) is 11.2 Å². The van der Waals surface area contributed by atoms with Crippen molar-refractivity contribution < 1.29 is 19.5 Å². The molecule has 1 rings (SSSR count). The SMILES string of the molecule is CO.O=C(CCCc1ccc(F)cc1)NO. The van der Waals surface area contributed by atoms with Crippen molar-refractivity contribution in [1.82, 2.24) is 5.48 Å². The summed E-state index contributed by atoms with van der Waals surface area (Å²) < 4.78 is 12.5. The predicted molar refractivity (Wildman–Crippen MR) is 57.4 cm³/mol. The number of halogens is 1. The van der Waals surface area contributed by atoms with Crippen LogP contribution in [0.1, 0.15) is 18.4 Å². The van der Waals surface area contributed by atoms with Gasteiger partial charge in [-0.1, -0.05) is 12.1 Å². The van der Waals surface area contributed by atoms with Gasteiger partial charge in [0.25, 0.3) is 0 Å². The molecular weight excluding hydrogens is 213 g/mol. The minimum atomic E-state index is -0.396. The van der Waals surface area contributed by atoms with Crippen LogP contribution in [0.2, 0.25) is 0 Å². The van der Waals surface area contributed by atoms with Gasteiger partial charge < -0.3 is 5.11 Å². The van der Waals surface area contributed by atoms with Crippen molar-refractivity contribution in [3.63, 3.8) is 0 Å². The second kappa shape index (κ2) is 8.82. The molecule has 4 nitrogen and oxygen atoms in total.